The van der Waals surface area contributed by atoms with Crippen LogP contribution in [0.2, 0.25) is 0 Å². The van der Waals surface area contributed by atoms with E-state index in [1.165, 1.54) is 42.1 Å². The molecule has 0 aromatic heterocycles. The van der Waals surface area contributed by atoms with E-state index in [9.17, 15) is 0 Å². The van der Waals surface area contributed by atoms with E-state index in [1.807, 2.05) is 0 Å². The van der Waals surface area contributed by atoms with E-state index in [0.717, 1.165) is 18.9 Å². The first kappa shape index (κ1) is 17.7. The zero-order chi connectivity index (χ0) is 14.8. The van der Waals surface area contributed by atoms with Crippen LogP contribution >= 0.6 is 15.9 Å². The molecule has 0 spiro atoms. The number of hydrogen-bond acceptors (Lipinski definition) is 1. The highest BCUT2D eigenvalue weighted by molar-refractivity contribution is 9.10. The smallest absolute Gasteiger partial charge is 0.0207 e. The summed E-state index contributed by atoms with van der Waals surface area (Å²) in [5.41, 5.74) is 1.43. The third-order valence-corrected chi connectivity index (χ3v) is 4.72. The largest absolute Gasteiger partial charge is 0.313 e. The molecule has 1 atom stereocenters. The number of hydrogen-bond donors (Lipinski definition) is 1. The molecule has 0 fully saturated rings. The Bertz CT molecular complexity index is 358. The maximum atomic E-state index is 3.79. The van der Waals surface area contributed by atoms with Crippen LogP contribution in [0.4, 0.5) is 0 Å². The van der Waals surface area contributed by atoms with Crippen molar-refractivity contribution in [2.45, 2.75) is 65.3 Å². The standard InChI is InChI=1S/C18H30BrN/c1-4-9-15(10-5-2)18(20-13-6-3)14-16-11-7-8-12-17(16)19/h7-8,11-12,15,18,20H,4-6,9-10,13-14H2,1-3H3. The van der Waals surface area contributed by atoms with Gasteiger partial charge in [0.05, 0.1) is 0 Å². The Morgan fingerprint density at radius 1 is 1.00 bits per heavy atom. The maximum Gasteiger partial charge on any atom is 0.0207 e. The lowest BCUT2D eigenvalue weighted by molar-refractivity contribution is 0.308. The minimum absolute atomic E-state index is 0.605. The second kappa shape index (κ2) is 10.4. The van der Waals surface area contributed by atoms with Crippen LogP contribution < -0.4 is 5.32 Å². The molecule has 1 nitrogen and oxygen atoms in total. The summed E-state index contributed by atoms with van der Waals surface area (Å²) in [5, 5.41) is 3.79. The van der Waals surface area contributed by atoms with Gasteiger partial charge in [0.2, 0.25) is 0 Å². The van der Waals surface area contributed by atoms with E-state index >= 15 is 0 Å². The Balaban J connectivity index is 2.78. The molecule has 1 rings (SSSR count). The summed E-state index contributed by atoms with van der Waals surface area (Å²) >= 11 is 3.69. The Hall–Kier alpha value is -0.340. The van der Waals surface area contributed by atoms with Crippen molar-refractivity contribution in [3.63, 3.8) is 0 Å². The van der Waals surface area contributed by atoms with Crippen molar-refractivity contribution in [1.82, 2.24) is 5.32 Å². The summed E-state index contributed by atoms with van der Waals surface area (Å²) in [7, 11) is 0. The summed E-state index contributed by atoms with van der Waals surface area (Å²) in [6.07, 6.45) is 7.57. The predicted molar refractivity (Wildman–Crippen MR) is 93.2 cm³/mol. The van der Waals surface area contributed by atoms with Crippen LogP contribution in [0.15, 0.2) is 28.7 Å². The first-order valence-corrected chi connectivity index (χ1v) is 8.98. The van der Waals surface area contributed by atoms with Crippen molar-refractivity contribution in [3.8, 4) is 0 Å². The van der Waals surface area contributed by atoms with Crippen molar-refractivity contribution < 1.29 is 0 Å². The van der Waals surface area contributed by atoms with Crippen molar-refractivity contribution in [3.05, 3.63) is 34.3 Å². The van der Waals surface area contributed by atoms with Gasteiger partial charge in [-0.05, 0) is 49.8 Å². The van der Waals surface area contributed by atoms with Gasteiger partial charge in [0.25, 0.3) is 0 Å². The van der Waals surface area contributed by atoms with E-state index in [0.29, 0.717) is 6.04 Å². The number of nitrogens with one attached hydrogen (secondary N) is 1. The molecule has 0 heterocycles. The molecule has 2 heteroatoms. The average Bonchev–Trinajstić information content (AvgIpc) is 2.45. The first-order chi connectivity index (χ1) is 9.72. The van der Waals surface area contributed by atoms with Crippen molar-refractivity contribution >= 4 is 15.9 Å². The Kier molecular flexibility index (Phi) is 9.21. The highest BCUT2D eigenvalue weighted by atomic mass is 79.9. The van der Waals surface area contributed by atoms with Crippen molar-refractivity contribution in [2.75, 3.05) is 6.54 Å². The van der Waals surface area contributed by atoms with Gasteiger partial charge in [-0.15, -0.1) is 0 Å². The van der Waals surface area contributed by atoms with Gasteiger partial charge in [0.1, 0.15) is 0 Å². The molecule has 0 radical (unpaired) electrons. The molecule has 0 saturated heterocycles. The van der Waals surface area contributed by atoms with E-state index in [4.69, 9.17) is 0 Å². The van der Waals surface area contributed by atoms with E-state index in [-0.39, 0.29) is 0 Å². The molecule has 1 N–H and O–H groups in total. The van der Waals surface area contributed by atoms with Gasteiger partial charge < -0.3 is 5.32 Å². The van der Waals surface area contributed by atoms with Crippen LogP contribution in [-0.4, -0.2) is 12.6 Å². The zero-order valence-corrected chi connectivity index (χ0v) is 14.9. The predicted octanol–water partition coefficient (Wildman–Crippen LogP) is 5.58. The van der Waals surface area contributed by atoms with Gasteiger partial charge in [-0.25, -0.2) is 0 Å². The summed E-state index contributed by atoms with van der Waals surface area (Å²) in [6, 6.07) is 9.25. The van der Waals surface area contributed by atoms with Gasteiger partial charge in [-0.2, -0.15) is 0 Å². The minimum Gasteiger partial charge on any atom is -0.313 e. The van der Waals surface area contributed by atoms with Crippen molar-refractivity contribution in [1.29, 1.82) is 0 Å². The lowest BCUT2D eigenvalue weighted by Crippen LogP contribution is -2.38. The molecule has 0 bridgehead atoms. The number of halogens is 1. The number of rotatable bonds is 10. The van der Waals surface area contributed by atoms with Crippen molar-refractivity contribution in [2.24, 2.45) is 5.92 Å². The van der Waals surface area contributed by atoms with Crippen LogP contribution in [0.3, 0.4) is 0 Å². The number of benzene rings is 1. The van der Waals surface area contributed by atoms with E-state index in [1.54, 1.807) is 0 Å². The fourth-order valence-electron chi connectivity index (χ4n) is 2.92. The van der Waals surface area contributed by atoms with Gasteiger partial charge in [0, 0.05) is 10.5 Å². The molecule has 1 aromatic rings. The van der Waals surface area contributed by atoms with Crippen LogP contribution in [0.1, 0.15) is 58.4 Å². The summed E-state index contributed by atoms with van der Waals surface area (Å²) in [6.45, 7) is 7.98. The SMILES string of the molecule is CCCNC(Cc1ccccc1Br)C(CCC)CCC. The van der Waals surface area contributed by atoms with Gasteiger partial charge in [0.15, 0.2) is 0 Å². The zero-order valence-electron chi connectivity index (χ0n) is 13.3. The second-order valence-corrected chi connectivity index (χ2v) is 6.55. The topological polar surface area (TPSA) is 12.0 Å². The van der Waals surface area contributed by atoms with E-state index < -0.39 is 0 Å². The van der Waals surface area contributed by atoms with Gasteiger partial charge in [-0.3, -0.25) is 0 Å². The molecule has 0 amide bonds. The Morgan fingerprint density at radius 3 is 2.20 bits per heavy atom. The quantitative estimate of drug-likeness (QED) is 0.586. The molecule has 0 aliphatic rings. The monoisotopic (exact) mass is 339 g/mol. The summed E-state index contributed by atoms with van der Waals surface area (Å²) in [4.78, 5) is 0. The average molecular weight is 340 g/mol. The van der Waals surface area contributed by atoms with E-state index in [2.05, 4.69) is 66.3 Å². The lowest BCUT2D eigenvalue weighted by atomic mass is 9.86. The molecule has 114 valence electrons. The molecule has 20 heavy (non-hydrogen) atoms. The highest BCUT2D eigenvalue weighted by Gasteiger charge is 2.20. The molecular formula is C18H30BrN. The van der Waals surface area contributed by atoms with Crippen LogP contribution in [0.25, 0.3) is 0 Å². The minimum atomic E-state index is 0.605. The Morgan fingerprint density at radius 2 is 1.65 bits per heavy atom. The third kappa shape index (κ3) is 5.97. The van der Waals surface area contributed by atoms with Gasteiger partial charge >= 0.3 is 0 Å². The fourth-order valence-corrected chi connectivity index (χ4v) is 3.37. The molecular weight excluding hydrogens is 310 g/mol. The second-order valence-electron chi connectivity index (χ2n) is 5.69. The van der Waals surface area contributed by atoms with Crippen LogP contribution in [-0.2, 0) is 6.42 Å². The molecule has 1 unspecified atom stereocenters. The summed E-state index contributed by atoms with van der Waals surface area (Å²) in [5.74, 6) is 0.795. The normalized spacial score (nSPS) is 12.8. The highest BCUT2D eigenvalue weighted by Crippen LogP contribution is 2.24. The third-order valence-electron chi connectivity index (χ3n) is 3.94. The maximum absolute atomic E-state index is 3.79. The fraction of sp³-hybridized carbons (Fsp3) is 0.667. The molecule has 1 aromatic carbocycles. The molecule has 0 aliphatic carbocycles. The van der Waals surface area contributed by atoms with Crippen LogP contribution in [0.5, 0.6) is 0 Å². The molecule has 0 saturated carbocycles. The first-order valence-electron chi connectivity index (χ1n) is 8.19. The lowest BCUT2D eigenvalue weighted by Gasteiger charge is -2.28. The van der Waals surface area contributed by atoms with Gasteiger partial charge in [-0.1, -0.05) is 67.7 Å². The Labute approximate surface area is 133 Å². The summed E-state index contributed by atoms with van der Waals surface area (Å²) < 4.78 is 1.25. The van der Waals surface area contributed by atoms with Crippen LogP contribution in [0, 0.1) is 5.92 Å². The molecule has 0 aliphatic heterocycles.